The van der Waals surface area contributed by atoms with Crippen molar-refractivity contribution in [3.63, 3.8) is 0 Å². The number of carboxylic acids is 1. The molecule has 0 aromatic carbocycles. The SMILES string of the molecule is CC(C)(C)C1CCN(C2CCC(N)(C(=O)O)C2)CC1. The van der Waals surface area contributed by atoms with Crippen molar-refractivity contribution >= 4 is 5.97 Å². The third-order valence-electron chi connectivity index (χ3n) is 5.22. The molecular weight excluding hydrogens is 240 g/mol. The van der Waals surface area contributed by atoms with E-state index in [4.69, 9.17) is 5.73 Å². The number of hydrogen-bond donors (Lipinski definition) is 2. The van der Waals surface area contributed by atoms with E-state index >= 15 is 0 Å². The van der Waals surface area contributed by atoms with Crippen molar-refractivity contribution in [2.24, 2.45) is 17.1 Å². The molecule has 4 heteroatoms. The normalized spacial score (nSPS) is 34.6. The first-order chi connectivity index (χ1) is 8.72. The lowest BCUT2D eigenvalue weighted by Crippen LogP contribution is -2.48. The van der Waals surface area contributed by atoms with Crippen LogP contribution in [0.4, 0.5) is 0 Å². The summed E-state index contributed by atoms with van der Waals surface area (Å²) in [5.41, 5.74) is 5.38. The largest absolute Gasteiger partial charge is 0.480 e. The monoisotopic (exact) mass is 268 g/mol. The van der Waals surface area contributed by atoms with E-state index in [2.05, 4.69) is 25.7 Å². The summed E-state index contributed by atoms with van der Waals surface area (Å²) in [7, 11) is 0. The van der Waals surface area contributed by atoms with E-state index in [9.17, 15) is 9.90 Å². The molecule has 1 saturated carbocycles. The van der Waals surface area contributed by atoms with Crippen molar-refractivity contribution in [1.29, 1.82) is 0 Å². The fourth-order valence-electron chi connectivity index (χ4n) is 3.69. The van der Waals surface area contributed by atoms with Crippen LogP contribution in [0.5, 0.6) is 0 Å². The Bertz CT molecular complexity index is 343. The second-order valence-electron chi connectivity index (χ2n) is 7.53. The third kappa shape index (κ3) is 3.11. The fraction of sp³-hybridized carbons (Fsp3) is 0.933. The molecule has 0 aromatic heterocycles. The first kappa shape index (κ1) is 14.8. The van der Waals surface area contributed by atoms with E-state index in [1.54, 1.807) is 0 Å². The van der Waals surface area contributed by atoms with E-state index in [0.717, 1.165) is 25.4 Å². The summed E-state index contributed by atoms with van der Waals surface area (Å²) in [5.74, 6) is -0.0492. The molecule has 2 aliphatic rings. The van der Waals surface area contributed by atoms with Crippen LogP contribution in [0.3, 0.4) is 0 Å². The highest BCUT2D eigenvalue weighted by Crippen LogP contribution is 2.38. The van der Waals surface area contributed by atoms with Gasteiger partial charge in [-0.05, 0) is 56.5 Å². The summed E-state index contributed by atoms with van der Waals surface area (Å²) in [6.07, 6.45) is 4.62. The van der Waals surface area contributed by atoms with Gasteiger partial charge in [0.1, 0.15) is 5.54 Å². The van der Waals surface area contributed by atoms with Gasteiger partial charge in [0.15, 0.2) is 0 Å². The highest BCUT2D eigenvalue weighted by atomic mass is 16.4. The van der Waals surface area contributed by atoms with Crippen molar-refractivity contribution in [3.8, 4) is 0 Å². The summed E-state index contributed by atoms with van der Waals surface area (Å²) in [6.45, 7) is 9.15. The maximum Gasteiger partial charge on any atom is 0.323 e. The van der Waals surface area contributed by atoms with E-state index in [1.807, 2.05) is 0 Å². The maximum absolute atomic E-state index is 11.2. The molecule has 1 saturated heterocycles. The summed E-state index contributed by atoms with van der Waals surface area (Å²) < 4.78 is 0. The van der Waals surface area contributed by atoms with Crippen LogP contribution < -0.4 is 5.73 Å². The number of nitrogens with two attached hydrogens (primary N) is 1. The predicted octanol–water partition coefficient (Wildman–Crippen LogP) is 2.08. The zero-order valence-corrected chi connectivity index (χ0v) is 12.5. The molecule has 0 amide bonds. The van der Waals surface area contributed by atoms with Crippen LogP contribution >= 0.6 is 0 Å². The quantitative estimate of drug-likeness (QED) is 0.804. The van der Waals surface area contributed by atoms with Crippen molar-refractivity contribution in [1.82, 2.24) is 4.90 Å². The van der Waals surface area contributed by atoms with Gasteiger partial charge in [0.25, 0.3) is 0 Å². The highest BCUT2D eigenvalue weighted by Gasteiger charge is 2.44. The van der Waals surface area contributed by atoms with Crippen LogP contribution in [-0.2, 0) is 4.79 Å². The Morgan fingerprint density at radius 3 is 2.26 bits per heavy atom. The zero-order chi connectivity index (χ0) is 14.3. The number of carboxylic acid groups (broad SMARTS) is 1. The summed E-state index contributed by atoms with van der Waals surface area (Å²) in [4.78, 5) is 13.7. The molecular formula is C15H28N2O2. The van der Waals surface area contributed by atoms with E-state index in [0.29, 0.717) is 24.3 Å². The number of nitrogens with zero attached hydrogens (tertiary/aromatic N) is 1. The lowest BCUT2D eigenvalue weighted by molar-refractivity contribution is -0.143. The molecule has 19 heavy (non-hydrogen) atoms. The average molecular weight is 268 g/mol. The second kappa shape index (κ2) is 5.06. The molecule has 0 aromatic rings. The molecule has 2 unspecified atom stereocenters. The number of carbonyl (C=O) groups is 1. The summed E-state index contributed by atoms with van der Waals surface area (Å²) in [6, 6.07) is 0.377. The standard InChI is InChI=1S/C15H28N2O2/c1-14(2,3)11-5-8-17(9-6-11)12-4-7-15(16,10-12)13(18)19/h11-12H,4-10,16H2,1-3H3,(H,18,19). The molecule has 0 spiro atoms. The molecule has 3 N–H and O–H groups in total. The van der Waals surface area contributed by atoms with Crippen molar-refractivity contribution in [2.45, 2.75) is 64.5 Å². The number of hydrogen-bond acceptors (Lipinski definition) is 3. The van der Waals surface area contributed by atoms with Crippen molar-refractivity contribution in [2.75, 3.05) is 13.1 Å². The summed E-state index contributed by atoms with van der Waals surface area (Å²) >= 11 is 0. The molecule has 2 rings (SSSR count). The van der Waals surface area contributed by atoms with Gasteiger partial charge in [0.05, 0.1) is 0 Å². The molecule has 2 atom stereocenters. The minimum atomic E-state index is -0.981. The van der Waals surface area contributed by atoms with Crippen molar-refractivity contribution in [3.05, 3.63) is 0 Å². The molecule has 2 fully saturated rings. The van der Waals surface area contributed by atoms with Gasteiger partial charge in [0, 0.05) is 6.04 Å². The number of piperidine rings is 1. The molecule has 1 heterocycles. The highest BCUT2D eigenvalue weighted by molar-refractivity contribution is 5.79. The molecule has 110 valence electrons. The second-order valence-corrected chi connectivity index (χ2v) is 7.53. The topological polar surface area (TPSA) is 66.6 Å². The molecule has 1 aliphatic heterocycles. The van der Waals surface area contributed by atoms with Crippen LogP contribution in [-0.4, -0.2) is 40.6 Å². The van der Waals surface area contributed by atoms with Crippen LogP contribution in [0, 0.1) is 11.3 Å². The van der Waals surface area contributed by atoms with Gasteiger partial charge in [-0.25, -0.2) is 0 Å². The van der Waals surface area contributed by atoms with Gasteiger partial charge in [0.2, 0.25) is 0 Å². The van der Waals surface area contributed by atoms with Gasteiger partial charge in [-0.3, -0.25) is 4.79 Å². The van der Waals surface area contributed by atoms with E-state index in [1.165, 1.54) is 12.8 Å². The number of aliphatic carboxylic acids is 1. The number of rotatable bonds is 2. The van der Waals surface area contributed by atoms with Crippen LogP contribution in [0.25, 0.3) is 0 Å². The molecule has 4 nitrogen and oxygen atoms in total. The Morgan fingerprint density at radius 2 is 1.84 bits per heavy atom. The smallest absolute Gasteiger partial charge is 0.323 e. The Labute approximate surface area is 116 Å². The van der Waals surface area contributed by atoms with Gasteiger partial charge in [-0.15, -0.1) is 0 Å². The fourth-order valence-corrected chi connectivity index (χ4v) is 3.69. The lowest BCUT2D eigenvalue weighted by atomic mass is 9.75. The Morgan fingerprint density at radius 1 is 1.26 bits per heavy atom. The van der Waals surface area contributed by atoms with Gasteiger partial charge in [-0.1, -0.05) is 20.8 Å². The lowest BCUT2D eigenvalue weighted by Gasteiger charge is -2.41. The van der Waals surface area contributed by atoms with Gasteiger partial charge in [-0.2, -0.15) is 0 Å². The minimum absolute atomic E-state index is 0.377. The number of likely N-dealkylation sites (tertiary alicyclic amines) is 1. The Kier molecular flexibility index (Phi) is 3.94. The predicted molar refractivity (Wildman–Crippen MR) is 75.9 cm³/mol. The van der Waals surface area contributed by atoms with Crippen molar-refractivity contribution < 1.29 is 9.90 Å². The van der Waals surface area contributed by atoms with Gasteiger partial charge >= 0.3 is 5.97 Å². The maximum atomic E-state index is 11.2. The zero-order valence-electron chi connectivity index (χ0n) is 12.5. The van der Waals surface area contributed by atoms with Crippen LogP contribution in [0.1, 0.15) is 52.9 Å². The van der Waals surface area contributed by atoms with Crippen LogP contribution in [0.15, 0.2) is 0 Å². The Hall–Kier alpha value is -0.610. The van der Waals surface area contributed by atoms with E-state index in [-0.39, 0.29) is 0 Å². The third-order valence-corrected chi connectivity index (χ3v) is 5.22. The Balaban J connectivity index is 1.88. The van der Waals surface area contributed by atoms with Crippen LogP contribution in [0.2, 0.25) is 0 Å². The molecule has 0 bridgehead atoms. The molecule has 1 aliphatic carbocycles. The first-order valence-electron chi connectivity index (χ1n) is 7.49. The van der Waals surface area contributed by atoms with Gasteiger partial charge < -0.3 is 15.7 Å². The first-order valence-corrected chi connectivity index (χ1v) is 7.49. The average Bonchev–Trinajstić information content (AvgIpc) is 2.72. The minimum Gasteiger partial charge on any atom is -0.480 e. The van der Waals surface area contributed by atoms with E-state index < -0.39 is 11.5 Å². The summed E-state index contributed by atoms with van der Waals surface area (Å²) in [5, 5.41) is 9.19. The molecule has 0 radical (unpaired) electrons.